The highest BCUT2D eigenvalue weighted by Crippen LogP contribution is 2.13. The van der Waals surface area contributed by atoms with Crippen LogP contribution in [0, 0.1) is 11.8 Å². The van der Waals surface area contributed by atoms with E-state index in [9.17, 15) is 4.79 Å². The minimum atomic E-state index is -0.702. The zero-order valence-corrected chi connectivity index (χ0v) is 8.13. The first kappa shape index (κ1) is 11.4. The number of hydrogen-bond acceptors (Lipinski definition) is 2. The standard InChI is InChI=1S/C9H19NO2/c1-4-10-6-8(7(2)3)5-9(11)12/h7-8,10H,4-6H2,1-3H3,(H,11,12). The summed E-state index contributed by atoms with van der Waals surface area (Å²) < 4.78 is 0. The zero-order chi connectivity index (χ0) is 9.56. The Labute approximate surface area is 74.2 Å². The summed E-state index contributed by atoms with van der Waals surface area (Å²) in [6, 6.07) is 0. The lowest BCUT2D eigenvalue weighted by atomic mass is 9.92. The van der Waals surface area contributed by atoms with Crippen LogP contribution in [0.4, 0.5) is 0 Å². The van der Waals surface area contributed by atoms with E-state index in [2.05, 4.69) is 19.2 Å². The Balaban J connectivity index is 3.78. The van der Waals surface area contributed by atoms with E-state index < -0.39 is 5.97 Å². The van der Waals surface area contributed by atoms with Crippen molar-refractivity contribution in [1.82, 2.24) is 5.32 Å². The number of hydrogen-bond donors (Lipinski definition) is 2. The minimum Gasteiger partial charge on any atom is -0.481 e. The molecule has 3 heteroatoms. The van der Waals surface area contributed by atoms with Crippen molar-refractivity contribution in [3.8, 4) is 0 Å². The monoisotopic (exact) mass is 173 g/mol. The van der Waals surface area contributed by atoms with Crippen LogP contribution in [0.25, 0.3) is 0 Å². The van der Waals surface area contributed by atoms with Gasteiger partial charge in [-0.3, -0.25) is 4.79 Å². The Bertz CT molecular complexity index is 134. The maximum atomic E-state index is 10.4. The molecule has 0 aromatic carbocycles. The smallest absolute Gasteiger partial charge is 0.303 e. The molecule has 0 saturated carbocycles. The Hall–Kier alpha value is -0.570. The van der Waals surface area contributed by atoms with Crippen LogP contribution in [0.3, 0.4) is 0 Å². The maximum Gasteiger partial charge on any atom is 0.303 e. The molecule has 72 valence electrons. The fourth-order valence-electron chi connectivity index (χ4n) is 1.10. The van der Waals surface area contributed by atoms with Crippen molar-refractivity contribution >= 4 is 5.97 Å². The lowest BCUT2D eigenvalue weighted by molar-refractivity contribution is -0.138. The van der Waals surface area contributed by atoms with Gasteiger partial charge in [0.15, 0.2) is 0 Å². The largest absolute Gasteiger partial charge is 0.481 e. The van der Waals surface area contributed by atoms with E-state index in [-0.39, 0.29) is 12.3 Å². The molecule has 0 aromatic rings. The topological polar surface area (TPSA) is 49.3 Å². The fraction of sp³-hybridized carbons (Fsp3) is 0.889. The molecule has 0 heterocycles. The molecule has 0 aliphatic heterocycles. The molecular formula is C9H19NO2. The maximum absolute atomic E-state index is 10.4. The SMILES string of the molecule is CCNCC(CC(=O)O)C(C)C. The molecule has 0 saturated heterocycles. The Morgan fingerprint density at radius 3 is 2.42 bits per heavy atom. The molecule has 12 heavy (non-hydrogen) atoms. The second-order valence-electron chi connectivity index (χ2n) is 3.41. The summed E-state index contributed by atoms with van der Waals surface area (Å²) in [4.78, 5) is 10.4. The first-order valence-corrected chi connectivity index (χ1v) is 4.50. The summed E-state index contributed by atoms with van der Waals surface area (Å²) >= 11 is 0. The van der Waals surface area contributed by atoms with Crippen LogP contribution < -0.4 is 5.32 Å². The molecule has 2 N–H and O–H groups in total. The highest BCUT2D eigenvalue weighted by atomic mass is 16.4. The molecule has 0 rings (SSSR count). The van der Waals surface area contributed by atoms with Gasteiger partial charge in [0.2, 0.25) is 0 Å². The number of carbonyl (C=O) groups is 1. The number of nitrogens with one attached hydrogen (secondary N) is 1. The summed E-state index contributed by atoms with van der Waals surface area (Å²) in [5.41, 5.74) is 0. The molecule has 0 aliphatic carbocycles. The van der Waals surface area contributed by atoms with Gasteiger partial charge in [0.05, 0.1) is 0 Å². The van der Waals surface area contributed by atoms with Gasteiger partial charge < -0.3 is 10.4 Å². The van der Waals surface area contributed by atoms with Crippen molar-refractivity contribution in [3.05, 3.63) is 0 Å². The summed E-state index contributed by atoms with van der Waals surface area (Å²) in [5.74, 6) is -0.0193. The van der Waals surface area contributed by atoms with Crippen molar-refractivity contribution in [2.75, 3.05) is 13.1 Å². The third-order valence-corrected chi connectivity index (χ3v) is 2.04. The van der Waals surface area contributed by atoms with E-state index in [1.807, 2.05) is 6.92 Å². The van der Waals surface area contributed by atoms with Gasteiger partial charge >= 0.3 is 5.97 Å². The highest BCUT2D eigenvalue weighted by Gasteiger charge is 2.15. The Morgan fingerprint density at radius 1 is 1.50 bits per heavy atom. The van der Waals surface area contributed by atoms with Crippen molar-refractivity contribution in [1.29, 1.82) is 0 Å². The Kier molecular flexibility index (Phi) is 5.72. The van der Waals surface area contributed by atoms with Crippen LogP contribution in [0.5, 0.6) is 0 Å². The molecule has 1 unspecified atom stereocenters. The van der Waals surface area contributed by atoms with E-state index in [1.54, 1.807) is 0 Å². The van der Waals surface area contributed by atoms with Crippen LogP contribution in [0.2, 0.25) is 0 Å². The lowest BCUT2D eigenvalue weighted by Crippen LogP contribution is -2.27. The first-order chi connectivity index (χ1) is 5.57. The lowest BCUT2D eigenvalue weighted by Gasteiger charge is -2.18. The van der Waals surface area contributed by atoms with E-state index in [4.69, 9.17) is 5.11 Å². The average Bonchev–Trinajstić information content (AvgIpc) is 1.96. The van der Waals surface area contributed by atoms with Crippen molar-refractivity contribution in [2.45, 2.75) is 27.2 Å². The van der Waals surface area contributed by atoms with Crippen molar-refractivity contribution in [3.63, 3.8) is 0 Å². The zero-order valence-electron chi connectivity index (χ0n) is 8.13. The van der Waals surface area contributed by atoms with Gasteiger partial charge in [-0.25, -0.2) is 0 Å². The number of rotatable bonds is 6. The third-order valence-electron chi connectivity index (χ3n) is 2.04. The van der Waals surface area contributed by atoms with Crippen molar-refractivity contribution < 1.29 is 9.90 Å². The average molecular weight is 173 g/mol. The molecule has 0 aromatic heterocycles. The molecule has 0 bridgehead atoms. The summed E-state index contributed by atoms with van der Waals surface area (Å²) in [5, 5.41) is 11.8. The highest BCUT2D eigenvalue weighted by molar-refractivity contribution is 5.67. The number of carboxylic acids is 1. The van der Waals surface area contributed by atoms with Crippen LogP contribution in [0.15, 0.2) is 0 Å². The van der Waals surface area contributed by atoms with Crippen LogP contribution in [-0.2, 0) is 4.79 Å². The van der Waals surface area contributed by atoms with E-state index in [0.717, 1.165) is 13.1 Å². The van der Waals surface area contributed by atoms with Crippen molar-refractivity contribution in [2.24, 2.45) is 11.8 Å². The summed E-state index contributed by atoms with van der Waals surface area (Å²) in [6.07, 6.45) is 0.269. The molecular weight excluding hydrogens is 154 g/mol. The summed E-state index contributed by atoms with van der Waals surface area (Å²) in [6.45, 7) is 7.86. The van der Waals surface area contributed by atoms with Gasteiger partial charge in [0.1, 0.15) is 0 Å². The molecule has 0 fully saturated rings. The van der Waals surface area contributed by atoms with Gasteiger partial charge in [-0.15, -0.1) is 0 Å². The van der Waals surface area contributed by atoms with E-state index in [1.165, 1.54) is 0 Å². The van der Waals surface area contributed by atoms with Crippen LogP contribution >= 0.6 is 0 Å². The van der Waals surface area contributed by atoms with Crippen LogP contribution in [-0.4, -0.2) is 24.2 Å². The molecule has 3 nitrogen and oxygen atoms in total. The quantitative estimate of drug-likeness (QED) is 0.637. The second kappa shape index (κ2) is 6.00. The Morgan fingerprint density at radius 2 is 2.08 bits per heavy atom. The number of carboxylic acid groups (broad SMARTS) is 1. The number of aliphatic carboxylic acids is 1. The predicted molar refractivity (Wildman–Crippen MR) is 49.1 cm³/mol. The second-order valence-corrected chi connectivity index (χ2v) is 3.41. The fourth-order valence-corrected chi connectivity index (χ4v) is 1.10. The molecule has 0 aliphatic rings. The summed E-state index contributed by atoms with van der Waals surface area (Å²) in [7, 11) is 0. The molecule has 0 radical (unpaired) electrons. The van der Waals surface area contributed by atoms with E-state index in [0.29, 0.717) is 5.92 Å². The molecule has 0 amide bonds. The molecule has 0 spiro atoms. The van der Waals surface area contributed by atoms with Crippen LogP contribution in [0.1, 0.15) is 27.2 Å². The van der Waals surface area contributed by atoms with E-state index >= 15 is 0 Å². The van der Waals surface area contributed by atoms with Gasteiger partial charge in [0.25, 0.3) is 0 Å². The van der Waals surface area contributed by atoms with Gasteiger partial charge in [-0.05, 0) is 24.9 Å². The van der Waals surface area contributed by atoms with Gasteiger partial charge in [-0.2, -0.15) is 0 Å². The third kappa shape index (κ3) is 5.13. The molecule has 1 atom stereocenters. The predicted octanol–water partition coefficient (Wildman–Crippen LogP) is 1.34. The van der Waals surface area contributed by atoms with Gasteiger partial charge in [0, 0.05) is 6.42 Å². The first-order valence-electron chi connectivity index (χ1n) is 4.50. The normalized spacial score (nSPS) is 13.3. The minimum absolute atomic E-state index is 0.252. The van der Waals surface area contributed by atoms with Gasteiger partial charge in [-0.1, -0.05) is 20.8 Å².